The molecule has 1 aromatic carbocycles. The van der Waals surface area contributed by atoms with Gasteiger partial charge in [0.15, 0.2) is 0 Å². The van der Waals surface area contributed by atoms with Gasteiger partial charge in [0.05, 0.1) is 0 Å². The van der Waals surface area contributed by atoms with Crippen LogP contribution in [0.2, 0.25) is 0 Å². The Morgan fingerprint density at radius 3 is 2.24 bits per heavy atom. The topological polar surface area (TPSA) is 15.3 Å². The summed E-state index contributed by atoms with van der Waals surface area (Å²) in [6, 6.07) is 7.26. The number of hydrogen-bond acceptors (Lipinski definition) is 2. The number of aryl methyl sites for hydroxylation is 2. The zero-order valence-electron chi connectivity index (χ0n) is 15.1. The summed E-state index contributed by atoms with van der Waals surface area (Å²) >= 11 is 0. The summed E-state index contributed by atoms with van der Waals surface area (Å²) in [5.41, 5.74) is 4.38. The molecule has 120 valence electrons. The highest BCUT2D eigenvalue weighted by molar-refractivity contribution is 5.31. The van der Waals surface area contributed by atoms with Crippen molar-refractivity contribution in [1.82, 2.24) is 10.2 Å². The van der Waals surface area contributed by atoms with Crippen LogP contribution in [0.3, 0.4) is 0 Å². The number of hydrogen-bond donors (Lipinski definition) is 1. The fourth-order valence-corrected chi connectivity index (χ4v) is 3.32. The van der Waals surface area contributed by atoms with Crippen LogP contribution in [0, 0.1) is 13.8 Å². The summed E-state index contributed by atoms with van der Waals surface area (Å²) < 4.78 is 0. The quantitative estimate of drug-likeness (QED) is 0.780. The lowest BCUT2D eigenvalue weighted by atomic mass is 9.86. The van der Waals surface area contributed by atoms with Gasteiger partial charge < -0.3 is 5.32 Å². The van der Waals surface area contributed by atoms with Gasteiger partial charge in [0.1, 0.15) is 0 Å². The molecule has 0 saturated heterocycles. The molecule has 1 aromatic rings. The molecule has 0 aliphatic rings. The SMILES string of the molecule is CCNC(Cc1cc(C)ccc1C)C(C)(C)N(CC)CC. The summed E-state index contributed by atoms with van der Waals surface area (Å²) in [5, 5.41) is 3.73. The summed E-state index contributed by atoms with van der Waals surface area (Å²) in [6.07, 6.45) is 1.09. The highest BCUT2D eigenvalue weighted by Gasteiger charge is 2.33. The highest BCUT2D eigenvalue weighted by Crippen LogP contribution is 2.23. The normalized spacial score (nSPS) is 13.7. The van der Waals surface area contributed by atoms with E-state index in [9.17, 15) is 0 Å². The molecule has 0 spiro atoms. The molecule has 0 radical (unpaired) electrons. The summed E-state index contributed by atoms with van der Waals surface area (Å²) in [7, 11) is 0. The second kappa shape index (κ2) is 7.95. The Morgan fingerprint density at radius 1 is 1.10 bits per heavy atom. The maximum atomic E-state index is 3.73. The molecule has 1 N–H and O–H groups in total. The monoisotopic (exact) mass is 290 g/mol. The molecular weight excluding hydrogens is 256 g/mol. The third-order valence-corrected chi connectivity index (χ3v) is 4.81. The van der Waals surface area contributed by atoms with Gasteiger partial charge in [-0.3, -0.25) is 4.90 Å². The van der Waals surface area contributed by atoms with E-state index in [4.69, 9.17) is 0 Å². The van der Waals surface area contributed by atoms with Crippen molar-refractivity contribution in [1.29, 1.82) is 0 Å². The maximum Gasteiger partial charge on any atom is 0.0309 e. The summed E-state index contributed by atoms with van der Waals surface area (Å²) in [4.78, 5) is 2.56. The molecule has 1 unspecified atom stereocenters. The van der Waals surface area contributed by atoms with E-state index in [1.54, 1.807) is 0 Å². The van der Waals surface area contributed by atoms with Gasteiger partial charge in [0.2, 0.25) is 0 Å². The Balaban J connectivity index is 3.03. The molecule has 21 heavy (non-hydrogen) atoms. The molecule has 2 nitrogen and oxygen atoms in total. The van der Waals surface area contributed by atoms with E-state index in [0.29, 0.717) is 6.04 Å². The second-order valence-electron chi connectivity index (χ2n) is 6.57. The van der Waals surface area contributed by atoms with E-state index >= 15 is 0 Å². The van der Waals surface area contributed by atoms with Crippen LogP contribution in [0.4, 0.5) is 0 Å². The Kier molecular flexibility index (Phi) is 6.89. The van der Waals surface area contributed by atoms with Crippen molar-refractivity contribution >= 4 is 0 Å². The number of benzene rings is 1. The van der Waals surface area contributed by atoms with E-state index in [2.05, 4.69) is 76.9 Å². The minimum absolute atomic E-state index is 0.149. The van der Waals surface area contributed by atoms with Crippen molar-refractivity contribution in [2.45, 2.75) is 66.5 Å². The lowest BCUT2D eigenvalue weighted by Gasteiger charge is -2.44. The van der Waals surface area contributed by atoms with Crippen LogP contribution in [0.1, 0.15) is 51.3 Å². The molecule has 2 heteroatoms. The van der Waals surface area contributed by atoms with Gasteiger partial charge in [-0.15, -0.1) is 0 Å². The van der Waals surface area contributed by atoms with Gasteiger partial charge in [0, 0.05) is 11.6 Å². The molecule has 1 rings (SSSR count). The van der Waals surface area contributed by atoms with E-state index in [1.165, 1.54) is 16.7 Å². The maximum absolute atomic E-state index is 3.73. The largest absolute Gasteiger partial charge is 0.312 e. The Labute approximate surface area is 131 Å². The van der Waals surface area contributed by atoms with E-state index in [0.717, 1.165) is 26.1 Å². The van der Waals surface area contributed by atoms with Crippen LogP contribution in [0.5, 0.6) is 0 Å². The third-order valence-electron chi connectivity index (χ3n) is 4.81. The van der Waals surface area contributed by atoms with Crippen molar-refractivity contribution < 1.29 is 0 Å². The number of nitrogens with one attached hydrogen (secondary N) is 1. The zero-order valence-corrected chi connectivity index (χ0v) is 15.1. The van der Waals surface area contributed by atoms with Crippen molar-refractivity contribution in [3.05, 3.63) is 34.9 Å². The molecule has 0 heterocycles. The first-order valence-corrected chi connectivity index (χ1v) is 8.41. The highest BCUT2D eigenvalue weighted by atomic mass is 15.2. The fourth-order valence-electron chi connectivity index (χ4n) is 3.32. The van der Waals surface area contributed by atoms with Crippen LogP contribution >= 0.6 is 0 Å². The molecule has 0 amide bonds. The van der Waals surface area contributed by atoms with Gasteiger partial charge in [0.25, 0.3) is 0 Å². The predicted molar refractivity (Wildman–Crippen MR) is 94.1 cm³/mol. The number of rotatable bonds is 8. The van der Waals surface area contributed by atoms with Crippen LogP contribution < -0.4 is 5.32 Å². The lowest BCUT2D eigenvalue weighted by Crippen LogP contribution is -2.58. The Bertz CT molecular complexity index is 433. The minimum Gasteiger partial charge on any atom is -0.312 e. The van der Waals surface area contributed by atoms with Crippen LogP contribution in [-0.2, 0) is 6.42 Å². The van der Waals surface area contributed by atoms with Gasteiger partial charge in [-0.1, -0.05) is 44.5 Å². The molecule has 0 fully saturated rings. The smallest absolute Gasteiger partial charge is 0.0309 e. The van der Waals surface area contributed by atoms with E-state index in [-0.39, 0.29) is 5.54 Å². The first-order chi connectivity index (χ1) is 9.86. The predicted octanol–water partition coefficient (Wildman–Crippen LogP) is 3.94. The fraction of sp³-hybridized carbons (Fsp3) is 0.684. The van der Waals surface area contributed by atoms with Gasteiger partial charge >= 0.3 is 0 Å². The zero-order chi connectivity index (χ0) is 16.0. The van der Waals surface area contributed by atoms with Crippen LogP contribution in [-0.4, -0.2) is 36.1 Å². The molecule has 1 atom stereocenters. The van der Waals surface area contributed by atoms with Crippen LogP contribution in [0.25, 0.3) is 0 Å². The van der Waals surface area contributed by atoms with Crippen molar-refractivity contribution in [2.24, 2.45) is 0 Å². The van der Waals surface area contributed by atoms with E-state index < -0.39 is 0 Å². The van der Waals surface area contributed by atoms with Crippen molar-refractivity contribution in [3.8, 4) is 0 Å². The average Bonchev–Trinajstić information content (AvgIpc) is 2.43. The van der Waals surface area contributed by atoms with Crippen molar-refractivity contribution in [3.63, 3.8) is 0 Å². The number of likely N-dealkylation sites (N-methyl/N-ethyl adjacent to an activating group) is 2. The Hall–Kier alpha value is -0.860. The average molecular weight is 290 g/mol. The second-order valence-corrected chi connectivity index (χ2v) is 6.57. The van der Waals surface area contributed by atoms with Gasteiger partial charge in [-0.25, -0.2) is 0 Å². The first-order valence-electron chi connectivity index (χ1n) is 8.41. The third kappa shape index (κ3) is 4.55. The summed E-state index contributed by atoms with van der Waals surface area (Å²) in [5.74, 6) is 0. The van der Waals surface area contributed by atoms with Crippen LogP contribution in [0.15, 0.2) is 18.2 Å². The van der Waals surface area contributed by atoms with Crippen molar-refractivity contribution in [2.75, 3.05) is 19.6 Å². The molecular formula is C19H34N2. The van der Waals surface area contributed by atoms with Gasteiger partial charge in [-0.2, -0.15) is 0 Å². The minimum atomic E-state index is 0.149. The molecule has 0 aliphatic heterocycles. The molecule has 0 aromatic heterocycles. The first kappa shape index (κ1) is 18.2. The van der Waals surface area contributed by atoms with Gasteiger partial charge in [-0.05, 0) is 64.9 Å². The molecule has 0 aliphatic carbocycles. The standard InChI is InChI=1S/C19H34N2/c1-8-20-18(19(6,7)21(9-2)10-3)14-17-13-15(4)11-12-16(17)5/h11-13,18,20H,8-10,14H2,1-7H3. The Morgan fingerprint density at radius 2 is 1.71 bits per heavy atom. The molecule has 0 saturated carbocycles. The molecule has 0 bridgehead atoms. The lowest BCUT2D eigenvalue weighted by molar-refractivity contribution is 0.0917. The number of nitrogens with zero attached hydrogens (tertiary/aromatic N) is 1. The van der Waals surface area contributed by atoms with E-state index in [1.807, 2.05) is 0 Å². The summed E-state index contributed by atoms with van der Waals surface area (Å²) in [6.45, 7) is 19.1.